The van der Waals surface area contributed by atoms with Gasteiger partial charge in [-0.3, -0.25) is 4.90 Å². The van der Waals surface area contributed by atoms with Crippen molar-refractivity contribution in [1.29, 1.82) is 0 Å². The maximum absolute atomic E-state index is 12.5. The SMILES string of the molecule is COc1ccc(CC(C)N(C)Cc2nc(-c3ccc(OC(F)F)c(OC)c3)no2)cc1. The standard InChI is InChI=1S/C22H25F2N3O4/c1-14(11-15-5-8-17(28-3)9-6-15)27(2)13-20-25-21(26-31-20)16-7-10-18(30-22(23)24)19(12-16)29-4/h5-10,12,14,22H,11,13H2,1-4H3. The zero-order valence-corrected chi connectivity index (χ0v) is 17.8. The van der Waals surface area contributed by atoms with Gasteiger partial charge in [0.1, 0.15) is 5.75 Å². The molecule has 0 fully saturated rings. The number of hydrogen-bond acceptors (Lipinski definition) is 7. The van der Waals surface area contributed by atoms with Crippen LogP contribution in [0.3, 0.4) is 0 Å². The highest BCUT2D eigenvalue weighted by Crippen LogP contribution is 2.32. The Morgan fingerprint density at radius 1 is 1.03 bits per heavy atom. The monoisotopic (exact) mass is 433 g/mol. The van der Waals surface area contributed by atoms with Gasteiger partial charge in [0.05, 0.1) is 20.8 Å². The fraction of sp³-hybridized carbons (Fsp3) is 0.364. The third-order valence-corrected chi connectivity index (χ3v) is 4.93. The van der Waals surface area contributed by atoms with Gasteiger partial charge in [-0.05, 0) is 56.3 Å². The van der Waals surface area contributed by atoms with E-state index in [-0.39, 0.29) is 17.5 Å². The van der Waals surface area contributed by atoms with E-state index in [1.54, 1.807) is 13.2 Å². The summed E-state index contributed by atoms with van der Waals surface area (Å²) in [6.45, 7) is -0.353. The van der Waals surface area contributed by atoms with E-state index in [9.17, 15) is 8.78 Å². The molecule has 1 aromatic heterocycles. The summed E-state index contributed by atoms with van der Waals surface area (Å²) in [6, 6.07) is 12.7. The van der Waals surface area contributed by atoms with Gasteiger partial charge in [-0.2, -0.15) is 13.8 Å². The highest BCUT2D eigenvalue weighted by Gasteiger charge is 2.17. The van der Waals surface area contributed by atoms with Crippen LogP contribution < -0.4 is 14.2 Å². The number of halogens is 2. The Bertz CT molecular complexity index is 979. The smallest absolute Gasteiger partial charge is 0.387 e. The van der Waals surface area contributed by atoms with E-state index in [0.29, 0.717) is 23.8 Å². The van der Waals surface area contributed by atoms with E-state index in [4.69, 9.17) is 14.0 Å². The second kappa shape index (κ2) is 10.2. The minimum Gasteiger partial charge on any atom is -0.497 e. The molecule has 9 heteroatoms. The first kappa shape index (κ1) is 22.5. The number of rotatable bonds is 10. The molecular weight excluding hydrogens is 408 g/mol. The number of nitrogens with zero attached hydrogens (tertiary/aromatic N) is 3. The second-order valence-electron chi connectivity index (χ2n) is 7.07. The average Bonchev–Trinajstić information content (AvgIpc) is 3.22. The molecule has 0 amide bonds. The third kappa shape index (κ3) is 5.91. The molecule has 1 unspecified atom stereocenters. The molecule has 0 spiro atoms. The number of likely N-dealkylation sites (N-methyl/N-ethyl adjacent to an activating group) is 1. The van der Waals surface area contributed by atoms with Crippen LogP contribution in [-0.2, 0) is 13.0 Å². The molecule has 1 heterocycles. The molecule has 2 aromatic carbocycles. The lowest BCUT2D eigenvalue weighted by Crippen LogP contribution is -2.30. The predicted octanol–water partition coefficient (Wildman–Crippen LogP) is 4.42. The Kier molecular flexibility index (Phi) is 7.41. The molecule has 0 aliphatic rings. The van der Waals surface area contributed by atoms with Crippen molar-refractivity contribution in [1.82, 2.24) is 15.0 Å². The lowest BCUT2D eigenvalue weighted by atomic mass is 10.1. The number of ether oxygens (including phenoxy) is 3. The minimum absolute atomic E-state index is 0.0583. The Morgan fingerprint density at radius 2 is 1.77 bits per heavy atom. The van der Waals surface area contributed by atoms with Gasteiger partial charge in [-0.15, -0.1) is 0 Å². The van der Waals surface area contributed by atoms with Gasteiger partial charge < -0.3 is 18.7 Å². The van der Waals surface area contributed by atoms with Gasteiger partial charge in [-0.1, -0.05) is 17.3 Å². The first-order chi connectivity index (χ1) is 14.9. The molecule has 0 radical (unpaired) electrons. The van der Waals surface area contributed by atoms with Gasteiger partial charge in [0.2, 0.25) is 11.7 Å². The van der Waals surface area contributed by atoms with Gasteiger partial charge >= 0.3 is 6.61 Å². The summed E-state index contributed by atoms with van der Waals surface area (Å²) in [5.41, 5.74) is 1.77. The number of aromatic nitrogens is 2. The molecule has 31 heavy (non-hydrogen) atoms. The van der Waals surface area contributed by atoms with E-state index in [0.717, 1.165) is 12.2 Å². The second-order valence-corrected chi connectivity index (χ2v) is 7.07. The quantitative estimate of drug-likeness (QED) is 0.469. The minimum atomic E-state index is -2.94. The maximum atomic E-state index is 12.5. The molecule has 0 bridgehead atoms. The molecular formula is C22H25F2N3O4. The summed E-state index contributed by atoms with van der Waals surface area (Å²) in [5, 5.41) is 4.00. The Balaban J connectivity index is 1.64. The van der Waals surface area contributed by atoms with Gasteiger partial charge in [-0.25, -0.2) is 0 Å². The molecule has 166 valence electrons. The van der Waals surface area contributed by atoms with Crippen molar-refractivity contribution < 1.29 is 27.5 Å². The fourth-order valence-corrected chi connectivity index (χ4v) is 3.06. The van der Waals surface area contributed by atoms with Crippen LogP contribution in [-0.4, -0.2) is 49.0 Å². The molecule has 0 saturated carbocycles. The number of benzene rings is 2. The van der Waals surface area contributed by atoms with Crippen LogP contribution in [0, 0.1) is 0 Å². The number of hydrogen-bond donors (Lipinski definition) is 0. The van der Waals surface area contributed by atoms with Gasteiger partial charge in [0, 0.05) is 11.6 Å². The summed E-state index contributed by atoms with van der Waals surface area (Å²) in [7, 11) is 5.00. The van der Waals surface area contributed by atoms with Gasteiger partial charge in [0.25, 0.3) is 0 Å². The fourth-order valence-electron chi connectivity index (χ4n) is 3.06. The van der Waals surface area contributed by atoms with Crippen molar-refractivity contribution in [2.75, 3.05) is 21.3 Å². The van der Waals surface area contributed by atoms with E-state index < -0.39 is 6.61 Å². The van der Waals surface area contributed by atoms with Crippen molar-refractivity contribution in [3.8, 4) is 28.6 Å². The van der Waals surface area contributed by atoms with Crippen LogP contribution in [0.5, 0.6) is 17.2 Å². The predicted molar refractivity (Wildman–Crippen MR) is 111 cm³/mol. The van der Waals surface area contributed by atoms with Crippen molar-refractivity contribution in [3.63, 3.8) is 0 Å². The average molecular weight is 433 g/mol. The maximum Gasteiger partial charge on any atom is 0.387 e. The molecule has 1 atom stereocenters. The molecule has 0 aliphatic carbocycles. The van der Waals surface area contributed by atoms with E-state index in [1.807, 2.05) is 31.3 Å². The summed E-state index contributed by atoms with van der Waals surface area (Å²) >= 11 is 0. The van der Waals surface area contributed by atoms with Crippen molar-refractivity contribution in [2.24, 2.45) is 0 Å². The number of alkyl halides is 2. The summed E-state index contributed by atoms with van der Waals surface area (Å²) in [6.07, 6.45) is 0.851. The largest absolute Gasteiger partial charge is 0.497 e. The van der Waals surface area contributed by atoms with Crippen LogP contribution in [0.4, 0.5) is 8.78 Å². The third-order valence-electron chi connectivity index (χ3n) is 4.93. The van der Waals surface area contributed by atoms with Crippen LogP contribution >= 0.6 is 0 Å². The highest BCUT2D eigenvalue weighted by molar-refractivity contribution is 5.60. The lowest BCUT2D eigenvalue weighted by molar-refractivity contribution is -0.0512. The van der Waals surface area contributed by atoms with Crippen LogP contribution in [0.1, 0.15) is 18.4 Å². The summed E-state index contributed by atoms with van der Waals surface area (Å²) < 4.78 is 45.1. The molecule has 0 N–H and O–H groups in total. The molecule has 0 saturated heterocycles. The normalized spacial score (nSPS) is 12.3. The van der Waals surface area contributed by atoms with E-state index in [1.165, 1.54) is 24.8 Å². The van der Waals surface area contributed by atoms with Crippen molar-refractivity contribution >= 4 is 0 Å². The molecule has 3 aromatic rings. The van der Waals surface area contributed by atoms with E-state index in [2.05, 4.69) is 26.7 Å². The Labute approximate surface area is 179 Å². The zero-order chi connectivity index (χ0) is 22.4. The highest BCUT2D eigenvalue weighted by atomic mass is 19.3. The molecule has 3 rings (SSSR count). The Morgan fingerprint density at radius 3 is 2.42 bits per heavy atom. The molecule has 0 aliphatic heterocycles. The van der Waals surface area contributed by atoms with Crippen molar-refractivity contribution in [3.05, 3.63) is 53.9 Å². The van der Waals surface area contributed by atoms with Crippen LogP contribution in [0.2, 0.25) is 0 Å². The number of methoxy groups -OCH3 is 2. The van der Waals surface area contributed by atoms with Crippen LogP contribution in [0.15, 0.2) is 47.0 Å². The lowest BCUT2D eigenvalue weighted by Gasteiger charge is -2.23. The first-order valence-corrected chi connectivity index (χ1v) is 9.68. The van der Waals surface area contributed by atoms with Crippen LogP contribution in [0.25, 0.3) is 11.4 Å². The Hall–Kier alpha value is -3.20. The topological polar surface area (TPSA) is 69.9 Å². The van der Waals surface area contributed by atoms with E-state index >= 15 is 0 Å². The summed E-state index contributed by atoms with van der Waals surface area (Å²) in [4.78, 5) is 6.53. The van der Waals surface area contributed by atoms with Crippen molar-refractivity contribution in [2.45, 2.75) is 32.5 Å². The first-order valence-electron chi connectivity index (χ1n) is 9.68. The zero-order valence-electron chi connectivity index (χ0n) is 17.8. The summed E-state index contributed by atoms with van der Waals surface area (Å²) in [5.74, 6) is 1.72. The van der Waals surface area contributed by atoms with Gasteiger partial charge in [0.15, 0.2) is 11.5 Å². The molecule has 7 nitrogen and oxygen atoms in total.